The van der Waals surface area contributed by atoms with Crippen LogP contribution in [0.4, 0.5) is 5.69 Å². The lowest BCUT2D eigenvalue weighted by Crippen LogP contribution is -2.36. The molecule has 2 N–H and O–H groups in total. The van der Waals surface area contributed by atoms with Gasteiger partial charge in [-0.15, -0.1) is 11.8 Å². The lowest BCUT2D eigenvalue weighted by Gasteiger charge is -2.29. The number of aliphatic hydroxyl groups is 1. The summed E-state index contributed by atoms with van der Waals surface area (Å²) in [6.07, 6.45) is 6.27. The third kappa shape index (κ3) is 2.92. The normalized spacial score (nSPS) is 25.4. The zero-order valence-corrected chi connectivity index (χ0v) is 10.5. The maximum Gasteiger partial charge on any atom is 0.0741 e. The second kappa shape index (κ2) is 5.60. The minimum absolute atomic E-state index is 0.188. The molecule has 0 radical (unpaired) electrons. The van der Waals surface area contributed by atoms with Gasteiger partial charge >= 0.3 is 0 Å². The van der Waals surface area contributed by atoms with Crippen LogP contribution < -0.4 is 5.32 Å². The van der Waals surface area contributed by atoms with Crippen molar-refractivity contribution in [3.8, 4) is 0 Å². The number of hydrogen-bond donors (Lipinski definition) is 2. The van der Waals surface area contributed by atoms with Gasteiger partial charge in [0.1, 0.15) is 0 Å². The van der Waals surface area contributed by atoms with Gasteiger partial charge in [-0.05, 0) is 37.3 Å². The summed E-state index contributed by atoms with van der Waals surface area (Å²) in [6, 6.07) is 8.61. The standard InChI is InChI=1S/C13H19NOS/c1-16-11-6-4-5-10(9-11)14-12-7-2-3-8-13(12)15/h4-6,9,12-15H,2-3,7-8H2,1H3/t12-,13-/m0/s1. The van der Waals surface area contributed by atoms with Crippen LogP contribution in [0, 0.1) is 0 Å². The van der Waals surface area contributed by atoms with E-state index in [9.17, 15) is 5.11 Å². The van der Waals surface area contributed by atoms with Crippen LogP contribution in [0.1, 0.15) is 25.7 Å². The zero-order chi connectivity index (χ0) is 11.4. The van der Waals surface area contributed by atoms with Crippen molar-refractivity contribution in [1.29, 1.82) is 0 Å². The Morgan fingerprint density at radius 2 is 2.12 bits per heavy atom. The first-order chi connectivity index (χ1) is 7.79. The third-order valence-corrected chi connectivity index (χ3v) is 3.88. The van der Waals surface area contributed by atoms with Crippen LogP contribution >= 0.6 is 11.8 Å². The number of nitrogens with one attached hydrogen (secondary N) is 1. The van der Waals surface area contributed by atoms with Gasteiger partial charge in [0.15, 0.2) is 0 Å². The monoisotopic (exact) mass is 237 g/mol. The molecule has 0 spiro atoms. The predicted molar refractivity (Wildman–Crippen MR) is 70.1 cm³/mol. The van der Waals surface area contributed by atoms with E-state index in [0.717, 1.165) is 24.9 Å². The van der Waals surface area contributed by atoms with E-state index in [-0.39, 0.29) is 12.1 Å². The molecule has 1 aromatic rings. The van der Waals surface area contributed by atoms with Gasteiger partial charge in [0.05, 0.1) is 12.1 Å². The number of hydrogen-bond acceptors (Lipinski definition) is 3. The van der Waals surface area contributed by atoms with Crippen molar-refractivity contribution in [3.05, 3.63) is 24.3 Å². The van der Waals surface area contributed by atoms with E-state index >= 15 is 0 Å². The Morgan fingerprint density at radius 1 is 1.31 bits per heavy atom. The summed E-state index contributed by atoms with van der Waals surface area (Å²) < 4.78 is 0. The van der Waals surface area contributed by atoms with Crippen molar-refractivity contribution in [2.75, 3.05) is 11.6 Å². The molecule has 0 heterocycles. The van der Waals surface area contributed by atoms with E-state index in [4.69, 9.17) is 0 Å². The molecule has 3 heteroatoms. The summed E-state index contributed by atoms with van der Waals surface area (Å²) in [5, 5.41) is 13.3. The lowest BCUT2D eigenvalue weighted by molar-refractivity contribution is 0.116. The molecule has 0 amide bonds. The first kappa shape index (κ1) is 11.8. The van der Waals surface area contributed by atoms with Crippen molar-refractivity contribution >= 4 is 17.4 Å². The summed E-state index contributed by atoms with van der Waals surface area (Å²) in [6.45, 7) is 0. The van der Waals surface area contributed by atoms with Crippen molar-refractivity contribution in [2.24, 2.45) is 0 Å². The average molecular weight is 237 g/mol. The van der Waals surface area contributed by atoms with E-state index in [1.54, 1.807) is 11.8 Å². The molecular weight excluding hydrogens is 218 g/mol. The van der Waals surface area contributed by atoms with E-state index in [1.165, 1.54) is 11.3 Å². The Morgan fingerprint density at radius 3 is 2.88 bits per heavy atom. The van der Waals surface area contributed by atoms with Gasteiger partial charge in [0, 0.05) is 10.6 Å². The van der Waals surface area contributed by atoms with E-state index in [0.29, 0.717) is 0 Å². The summed E-state index contributed by atoms with van der Waals surface area (Å²) >= 11 is 1.74. The van der Waals surface area contributed by atoms with E-state index < -0.39 is 0 Å². The fourth-order valence-corrected chi connectivity index (χ4v) is 2.67. The van der Waals surface area contributed by atoms with Gasteiger partial charge < -0.3 is 10.4 Å². The molecule has 2 nitrogen and oxygen atoms in total. The maximum atomic E-state index is 9.89. The van der Waals surface area contributed by atoms with Gasteiger partial charge in [-0.2, -0.15) is 0 Å². The molecule has 1 aromatic carbocycles. The molecule has 0 saturated heterocycles. The molecule has 0 unspecified atom stereocenters. The third-order valence-electron chi connectivity index (χ3n) is 3.15. The summed E-state index contributed by atoms with van der Waals surface area (Å²) in [5.41, 5.74) is 1.12. The molecule has 0 aliphatic heterocycles. The SMILES string of the molecule is CSc1cccc(N[C@H]2CCCC[C@@H]2O)c1. The molecule has 0 aromatic heterocycles. The molecule has 16 heavy (non-hydrogen) atoms. The highest BCUT2D eigenvalue weighted by Crippen LogP contribution is 2.24. The number of anilines is 1. The van der Waals surface area contributed by atoms with Crippen molar-refractivity contribution in [1.82, 2.24) is 0 Å². The first-order valence-electron chi connectivity index (χ1n) is 5.88. The van der Waals surface area contributed by atoms with Crippen LogP contribution in [-0.2, 0) is 0 Å². The van der Waals surface area contributed by atoms with Crippen LogP contribution in [0.3, 0.4) is 0 Å². The minimum Gasteiger partial charge on any atom is -0.391 e. The van der Waals surface area contributed by atoms with Crippen LogP contribution in [0.25, 0.3) is 0 Å². The van der Waals surface area contributed by atoms with Gasteiger partial charge in [0.25, 0.3) is 0 Å². The zero-order valence-electron chi connectivity index (χ0n) is 9.65. The second-order valence-electron chi connectivity index (χ2n) is 4.33. The van der Waals surface area contributed by atoms with Gasteiger partial charge in [-0.3, -0.25) is 0 Å². The molecule has 0 bridgehead atoms. The summed E-state index contributed by atoms with van der Waals surface area (Å²) in [5.74, 6) is 0. The smallest absolute Gasteiger partial charge is 0.0741 e. The van der Waals surface area contributed by atoms with Crippen molar-refractivity contribution < 1.29 is 5.11 Å². The van der Waals surface area contributed by atoms with Crippen LogP contribution in [0.5, 0.6) is 0 Å². The van der Waals surface area contributed by atoms with E-state index in [1.807, 2.05) is 0 Å². The van der Waals surface area contributed by atoms with Gasteiger partial charge in [0.2, 0.25) is 0 Å². The molecule has 1 saturated carbocycles. The summed E-state index contributed by atoms with van der Waals surface area (Å²) in [4.78, 5) is 1.26. The maximum absolute atomic E-state index is 9.89. The number of thioether (sulfide) groups is 1. The first-order valence-corrected chi connectivity index (χ1v) is 7.11. The molecule has 1 aliphatic rings. The molecule has 1 aliphatic carbocycles. The predicted octanol–water partition coefficient (Wildman–Crippen LogP) is 3.12. The highest BCUT2D eigenvalue weighted by molar-refractivity contribution is 7.98. The number of aliphatic hydroxyl groups excluding tert-OH is 1. The fourth-order valence-electron chi connectivity index (χ4n) is 2.21. The summed E-state index contributed by atoms with van der Waals surface area (Å²) in [7, 11) is 0. The van der Waals surface area contributed by atoms with Crippen molar-refractivity contribution in [2.45, 2.75) is 42.7 Å². The topological polar surface area (TPSA) is 32.3 Å². The molecular formula is C13H19NOS. The Hall–Kier alpha value is -0.670. The highest BCUT2D eigenvalue weighted by atomic mass is 32.2. The molecule has 2 rings (SSSR count). The largest absolute Gasteiger partial charge is 0.391 e. The molecule has 2 atom stereocenters. The Kier molecular flexibility index (Phi) is 4.13. The molecule has 1 fully saturated rings. The van der Waals surface area contributed by atoms with Crippen LogP contribution in [0.15, 0.2) is 29.2 Å². The van der Waals surface area contributed by atoms with Gasteiger partial charge in [-0.25, -0.2) is 0 Å². The number of benzene rings is 1. The highest BCUT2D eigenvalue weighted by Gasteiger charge is 2.22. The van der Waals surface area contributed by atoms with E-state index in [2.05, 4.69) is 35.8 Å². The quantitative estimate of drug-likeness (QED) is 0.792. The Labute approximate surface area is 101 Å². The second-order valence-corrected chi connectivity index (χ2v) is 5.21. The Bertz CT molecular complexity index is 342. The lowest BCUT2D eigenvalue weighted by atomic mass is 9.92. The number of rotatable bonds is 3. The fraction of sp³-hybridized carbons (Fsp3) is 0.538. The average Bonchev–Trinajstić information content (AvgIpc) is 2.32. The Balaban J connectivity index is 2.01. The minimum atomic E-state index is -0.188. The van der Waals surface area contributed by atoms with Crippen molar-refractivity contribution in [3.63, 3.8) is 0 Å². The molecule has 88 valence electrons. The van der Waals surface area contributed by atoms with Crippen LogP contribution in [0.2, 0.25) is 0 Å². The van der Waals surface area contributed by atoms with Crippen LogP contribution in [-0.4, -0.2) is 23.5 Å². The van der Waals surface area contributed by atoms with Gasteiger partial charge in [-0.1, -0.05) is 18.9 Å².